The summed E-state index contributed by atoms with van der Waals surface area (Å²) in [6.45, 7) is 5.11. The molecule has 76 valence electrons. The molecule has 0 spiro atoms. The van der Waals surface area contributed by atoms with Gasteiger partial charge in [-0.15, -0.1) is 0 Å². The zero-order chi connectivity index (χ0) is 10.1. The van der Waals surface area contributed by atoms with Gasteiger partial charge >= 0.3 is 0 Å². The molecule has 4 heteroatoms. The van der Waals surface area contributed by atoms with Gasteiger partial charge < -0.3 is 10.6 Å². The summed E-state index contributed by atoms with van der Waals surface area (Å²) in [5.74, 6) is 0.487. The highest BCUT2D eigenvalue weighted by atomic mass is 16.1. The largest absolute Gasteiger partial charge is 0.357 e. The van der Waals surface area contributed by atoms with Gasteiger partial charge in [-0.1, -0.05) is 20.3 Å². The fourth-order valence-electron chi connectivity index (χ4n) is 0.866. The first kappa shape index (κ1) is 11.9. The van der Waals surface area contributed by atoms with E-state index in [2.05, 4.69) is 17.6 Å². The van der Waals surface area contributed by atoms with E-state index < -0.39 is 0 Å². The summed E-state index contributed by atoms with van der Waals surface area (Å²) >= 11 is 0. The molecule has 0 aromatic rings. The Hall–Kier alpha value is -1.06. The number of nitrogens with one attached hydrogen (secondary N) is 2. The third-order valence-corrected chi connectivity index (χ3v) is 1.91. The van der Waals surface area contributed by atoms with Gasteiger partial charge in [0.2, 0.25) is 12.3 Å². The lowest BCUT2D eigenvalue weighted by Gasteiger charge is -2.08. The smallest absolute Gasteiger partial charge is 0.220 e. The number of hydrogen-bond acceptors (Lipinski definition) is 2. The van der Waals surface area contributed by atoms with E-state index in [0.717, 1.165) is 6.42 Å². The second-order valence-electron chi connectivity index (χ2n) is 3.14. The first-order valence-electron chi connectivity index (χ1n) is 4.64. The molecule has 0 aliphatic rings. The molecule has 0 heterocycles. The van der Waals surface area contributed by atoms with Crippen molar-refractivity contribution in [2.24, 2.45) is 5.92 Å². The topological polar surface area (TPSA) is 58.2 Å². The van der Waals surface area contributed by atoms with Crippen LogP contribution in [0, 0.1) is 5.92 Å². The van der Waals surface area contributed by atoms with Crippen LogP contribution in [0.1, 0.15) is 26.7 Å². The number of carbonyl (C=O) groups excluding carboxylic acids is 2. The van der Waals surface area contributed by atoms with Gasteiger partial charge in [-0.05, 0) is 5.92 Å². The van der Waals surface area contributed by atoms with E-state index >= 15 is 0 Å². The van der Waals surface area contributed by atoms with Gasteiger partial charge in [0.25, 0.3) is 0 Å². The summed E-state index contributed by atoms with van der Waals surface area (Å²) in [7, 11) is 0. The lowest BCUT2D eigenvalue weighted by atomic mass is 10.1. The van der Waals surface area contributed by atoms with E-state index in [1.807, 2.05) is 6.92 Å². The summed E-state index contributed by atoms with van der Waals surface area (Å²) in [6.07, 6.45) is 2.21. The normalized spacial score (nSPS) is 11.8. The molecule has 0 bridgehead atoms. The number of hydrogen-bond donors (Lipinski definition) is 2. The Kier molecular flexibility index (Phi) is 6.96. The van der Waals surface area contributed by atoms with Crippen LogP contribution in [0.25, 0.3) is 0 Å². The maximum absolute atomic E-state index is 11.1. The van der Waals surface area contributed by atoms with Crippen molar-refractivity contribution in [3.05, 3.63) is 0 Å². The minimum Gasteiger partial charge on any atom is -0.357 e. The minimum absolute atomic E-state index is 0.0575. The van der Waals surface area contributed by atoms with Gasteiger partial charge in [0.05, 0.1) is 0 Å². The SMILES string of the molecule is CC[C@H](C)CC(=O)NCCNC=O. The molecule has 0 saturated heterocycles. The summed E-state index contributed by atoms with van der Waals surface area (Å²) in [5, 5.41) is 5.20. The number of rotatable bonds is 7. The van der Waals surface area contributed by atoms with Crippen LogP contribution >= 0.6 is 0 Å². The van der Waals surface area contributed by atoms with E-state index in [1.165, 1.54) is 0 Å². The highest BCUT2D eigenvalue weighted by Crippen LogP contribution is 2.04. The molecule has 2 amide bonds. The minimum atomic E-state index is 0.0575. The molecule has 1 atom stereocenters. The van der Waals surface area contributed by atoms with E-state index in [4.69, 9.17) is 0 Å². The second-order valence-corrected chi connectivity index (χ2v) is 3.14. The van der Waals surface area contributed by atoms with Crippen molar-refractivity contribution in [2.45, 2.75) is 26.7 Å². The van der Waals surface area contributed by atoms with E-state index in [-0.39, 0.29) is 5.91 Å². The maximum Gasteiger partial charge on any atom is 0.220 e. The Morgan fingerprint density at radius 3 is 2.69 bits per heavy atom. The summed E-state index contributed by atoms with van der Waals surface area (Å²) < 4.78 is 0. The monoisotopic (exact) mass is 186 g/mol. The summed E-state index contributed by atoms with van der Waals surface area (Å²) in [4.78, 5) is 21.0. The van der Waals surface area contributed by atoms with Crippen LogP contribution in [0.2, 0.25) is 0 Å². The third-order valence-electron chi connectivity index (χ3n) is 1.91. The molecule has 4 nitrogen and oxygen atoms in total. The van der Waals surface area contributed by atoms with Gasteiger partial charge in [0.1, 0.15) is 0 Å². The van der Waals surface area contributed by atoms with Crippen LogP contribution in [-0.2, 0) is 9.59 Å². The second kappa shape index (κ2) is 7.58. The van der Waals surface area contributed by atoms with Crippen molar-refractivity contribution in [3.63, 3.8) is 0 Å². The Morgan fingerprint density at radius 2 is 2.15 bits per heavy atom. The van der Waals surface area contributed by atoms with Gasteiger partial charge in [-0.2, -0.15) is 0 Å². The average molecular weight is 186 g/mol. The number of amides is 2. The van der Waals surface area contributed by atoms with Crippen LogP contribution in [0.15, 0.2) is 0 Å². The average Bonchev–Trinajstić information content (AvgIpc) is 2.12. The maximum atomic E-state index is 11.1. The zero-order valence-electron chi connectivity index (χ0n) is 8.30. The van der Waals surface area contributed by atoms with Crippen LogP contribution in [-0.4, -0.2) is 25.4 Å². The molecule has 0 saturated carbocycles. The Bertz CT molecular complexity index is 160. The fourth-order valence-corrected chi connectivity index (χ4v) is 0.866. The fraction of sp³-hybridized carbons (Fsp3) is 0.778. The van der Waals surface area contributed by atoms with E-state index in [9.17, 15) is 9.59 Å². The first-order valence-corrected chi connectivity index (χ1v) is 4.64. The predicted octanol–water partition coefficient (Wildman–Crippen LogP) is 0.285. The van der Waals surface area contributed by atoms with Crippen LogP contribution in [0.4, 0.5) is 0 Å². The van der Waals surface area contributed by atoms with Crippen molar-refractivity contribution in [2.75, 3.05) is 13.1 Å². The Balaban J connectivity index is 3.35. The first-order chi connectivity index (χ1) is 6.20. The van der Waals surface area contributed by atoms with E-state index in [0.29, 0.717) is 31.8 Å². The van der Waals surface area contributed by atoms with Gasteiger partial charge in [0, 0.05) is 19.5 Å². The highest BCUT2D eigenvalue weighted by Gasteiger charge is 2.05. The molecular formula is C9H18N2O2. The molecule has 0 aromatic heterocycles. The van der Waals surface area contributed by atoms with Crippen LogP contribution in [0.5, 0.6) is 0 Å². The molecule has 0 unspecified atom stereocenters. The molecule has 0 aliphatic heterocycles. The lowest BCUT2D eigenvalue weighted by Crippen LogP contribution is -2.32. The lowest BCUT2D eigenvalue weighted by molar-refractivity contribution is -0.122. The van der Waals surface area contributed by atoms with Gasteiger partial charge in [0.15, 0.2) is 0 Å². The van der Waals surface area contributed by atoms with Crippen molar-refractivity contribution in [3.8, 4) is 0 Å². The molecule has 0 radical (unpaired) electrons. The standard InChI is InChI=1S/C9H18N2O2/c1-3-8(2)6-9(13)11-5-4-10-7-12/h7-8H,3-6H2,1-2H3,(H,10,12)(H,11,13)/t8-/m0/s1. The highest BCUT2D eigenvalue weighted by molar-refractivity contribution is 5.76. The predicted molar refractivity (Wildman–Crippen MR) is 51.1 cm³/mol. The van der Waals surface area contributed by atoms with Crippen molar-refractivity contribution < 1.29 is 9.59 Å². The van der Waals surface area contributed by atoms with Gasteiger partial charge in [-0.25, -0.2) is 0 Å². The van der Waals surface area contributed by atoms with Gasteiger partial charge in [-0.3, -0.25) is 9.59 Å². The summed E-state index contributed by atoms with van der Waals surface area (Å²) in [5.41, 5.74) is 0. The molecule has 0 fully saturated rings. The van der Waals surface area contributed by atoms with Crippen molar-refractivity contribution >= 4 is 12.3 Å². The van der Waals surface area contributed by atoms with Crippen LogP contribution < -0.4 is 10.6 Å². The zero-order valence-corrected chi connectivity index (χ0v) is 8.30. The molecule has 0 aliphatic carbocycles. The molecule has 2 N–H and O–H groups in total. The van der Waals surface area contributed by atoms with Crippen molar-refractivity contribution in [1.29, 1.82) is 0 Å². The molecule has 0 aromatic carbocycles. The summed E-state index contributed by atoms with van der Waals surface area (Å²) in [6, 6.07) is 0. The Morgan fingerprint density at radius 1 is 1.46 bits per heavy atom. The third kappa shape index (κ3) is 7.31. The van der Waals surface area contributed by atoms with Crippen molar-refractivity contribution in [1.82, 2.24) is 10.6 Å². The molecule has 13 heavy (non-hydrogen) atoms. The van der Waals surface area contributed by atoms with Crippen LogP contribution in [0.3, 0.4) is 0 Å². The Labute approximate surface area is 79.1 Å². The molecule has 0 rings (SSSR count). The molecular weight excluding hydrogens is 168 g/mol. The quantitative estimate of drug-likeness (QED) is 0.443. The number of carbonyl (C=O) groups is 2. The van der Waals surface area contributed by atoms with E-state index in [1.54, 1.807) is 0 Å².